The summed E-state index contributed by atoms with van der Waals surface area (Å²) in [5.41, 5.74) is 3.73. The predicted molar refractivity (Wildman–Crippen MR) is 136 cm³/mol. The highest BCUT2D eigenvalue weighted by molar-refractivity contribution is 14.0. The average molecular weight is 536 g/mol. The zero-order chi connectivity index (χ0) is 21.3. The molecule has 7 heteroatoms. The fourth-order valence-electron chi connectivity index (χ4n) is 3.14. The molecule has 0 bridgehead atoms. The lowest BCUT2D eigenvalue weighted by Crippen LogP contribution is -2.39. The number of benzene rings is 2. The second-order valence-corrected chi connectivity index (χ2v) is 7.84. The fourth-order valence-corrected chi connectivity index (χ4v) is 3.14. The maximum absolute atomic E-state index is 11.7. The Hall–Kier alpha value is -2.29. The zero-order valence-corrected chi connectivity index (χ0v) is 20.9. The van der Waals surface area contributed by atoms with E-state index in [1.165, 1.54) is 16.7 Å². The van der Waals surface area contributed by atoms with Crippen molar-refractivity contribution in [1.82, 2.24) is 15.5 Å². The first-order chi connectivity index (χ1) is 14.5. The van der Waals surface area contributed by atoms with Gasteiger partial charge in [-0.15, -0.1) is 24.0 Å². The molecule has 2 aromatic rings. The highest BCUT2D eigenvalue weighted by atomic mass is 127. The molecule has 2 aromatic carbocycles. The van der Waals surface area contributed by atoms with Gasteiger partial charge in [0.05, 0.1) is 0 Å². The monoisotopic (exact) mass is 536 g/mol. The predicted octanol–water partition coefficient (Wildman–Crippen LogP) is 3.52. The summed E-state index contributed by atoms with van der Waals surface area (Å²) in [7, 11) is 3.85. The third kappa shape index (κ3) is 8.77. The molecular weight excluding hydrogens is 503 g/mol. The largest absolute Gasteiger partial charge is 0.484 e. The van der Waals surface area contributed by atoms with Gasteiger partial charge in [0.25, 0.3) is 5.91 Å². The van der Waals surface area contributed by atoms with Gasteiger partial charge in [0.2, 0.25) is 0 Å². The van der Waals surface area contributed by atoms with Gasteiger partial charge in [0.15, 0.2) is 12.6 Å². The number of amides is 1. The van der Waals surface area contributed by atoms with E-state index in [1.807, 2.05) is 31.3 Å². The Morgan fingerprint density at radius 2 is 1.74 bits per heavy atom. The maximum atomic E-state index is 11.7. The van der Waals surface area contributed by atoms with E-state index in [9.17, 15) is 4.79 Å². The third-order valence-corrected chi connectivity index (χ3v) is 5.05. The summed E-state index contributed by atoms with van der Waals surface area (Å²) >= 11 is 0. The molecule has 0 aromatic heterocycles. The van der Waals surface area contributed by atoms with E-state index in [2.05, 4.69) is 51.7 Å². The molecule has 1 amide bonds. The van der Waals surface area contributed by atoms with Crippen molar-refractivity contribution in [2.24, 2.45) is 4.99 Å². The third-order valence-electron chi connectivity index (χ3n) is 5.05. The van der Waals surface area contributed by atoms with Gasteiger partial charge in [0, 0.05) is 33.2 Å². The van der Waals surface area contributed by atoms with Gasteiger partial charge >= 0.3 is 0 Å². The molecule has 1 saturated carbocycles. The molecule has 6 nitrogen and oxygen atoms in total. The minimum absolute atomic E-state index is 0. The Kier molecular flexibility index (Phi) is 10.1. The summed E-state index contributed by atoms with van der Waals surface area (Å²) in [6.45, 7) is 3.76. The maximum Gasteiger partial charge on any atom is 0.258 e. The molecule has 168 valence electrons. The normalized spacial score (nSPS) is 13.2. The van der Waals surface area contributed by atoms with Crippen LogP contribution in [0.25, 0.3) is 0 Å². The van der Waals surface area contributed by atoms with Gasteiger partial charge in [0.1, 0.15) is 5.75 Å². The number of hydrogen-bond acceptors (Lipinski definition) is 3. The highest BCUT2D eigenvalue weighted by Crippen LogP contribution is 2.18. The van der Waals surface area contributed by atoms with Crippen LogP contribution in [0.2, 0.25) is 0 Å². The van der Waals surface area contributed by atoms with Crippen LogP contribution >= 0.6 is 24.0 Å². The standard InChI is InChI=1S/C24H32N4O2.HI/c1-18-4-6-20(7-5-18)16-28(3)24(25-2)26-15-14-19-8-12-22(13-9-19)30-17-23(29)27-21-10-11-21;/h4-9,12-13,21H,10-11,14-17H2,1-3H3,(H,25,26)(H,27,29);1H. The number of carbonyl (C=O) groups excluding carboxylic acids is 1. The number of ether oxygens (including phenoxy) is 1. The lowest BCUT2D eigenvalue weighted by atomic mass is 10.1. The van der Waals surface area contributed by atoms with Crippen LogP contribution in [0.4, 0.5) is 0 Å². The smallest absolute Gasteiger partial charge is 0.258 e. The van der Waals surface area contributed by atoms with E-state index in [0.717, 1.165) is 38.3 Å². The van der Waals surface area contributed by atoms with Crippen LogP contribution in [0.3, 0.4) is 0 Å². The van der Waals surface area contributed by atoms with Crippen LogP contribution < -0.4 is 15.4 Å². The fraction of sp³-hybridized carbons (Fsp3) is 0.417. The summed E-state index contributed by atoms with van der Waals surface area (Å²) in [4.78, 5) is 18.2. The van der Waals surface area contributed by atoms with Crippen LogP contribution in [-0.2, 0) is 17.8 Å². The number of aliphatic imine (C=N–C) groups is 1. The van der Waals surface area contributed by atoms with Gasteiger partial charge in [-0.2, -0.15) is 0 Å². The number of halogens is 1. The Labute approximate surface area is 202 Å². The van der Waals surface area contributed by atoms with E-state index >= 15 is 0 Å². The number of guanidine groups is 1. The number of hydrogen-bond donors (Lipinski definition) is 2. The van der Waals surface area contributed by atoms with Crippen molar-refractivity contribution in [3.05, 3.63) is 65.2 Å². The van der Waals surface area contributed by atoms with Crippen molar-refractivity contribution >= 4 is 35.8 Å². The molecule has 3 rings (SSSR count). The number of rotatable bonds is 9. The van der Waals surface area contributed by atoms with Crippen molar-refractivity contribution in [1.29, 1.82) is 0 Å². The summed E-state index contributed by atoms with van der Waals surface area (Å²) in [6.07, 6.45) is 3.04. The topological polar surface area (TPSA) is 66.0 Å². The van der Waals surface area contributed by atoms with Crippen molar-refractivity contribution < 1.29 is 9.53 Å². The molecule has 0 radical (unpaired) electrons. The van der Waals surface area contributed by atoms with Gasteiger partial charge in [-0.1, -0.05) is 42.0 Å². The van der Waals surface area contributed by atoms with E-state index < -0.39 is 0 Å². The van der Waals surface area contributed by atoms with Crippen molar-refractivity contribution in [3.8, 4) is 5.75 Å². The number of nitrogens with one attached hydrogen (secondary N) is 2. The Morgan fingerprint density at radius 3 is 2.35 bits per heavy atom. The molecule has 0 aliphatic heterocycles. The minimum Gasteiger partial charge on any atom is -0.484 e. The van der Waals surface area contributed by atoms with Gasteiger partial charge < -0.3 is 20.3 Å². The lowest BCUT2D eigenvalue weighted by Gasteiger charge is -2.22. The molecule has 1 aliphatic carbocycles. The van der Waals surface area contributed by atoms with Crippen LogP contribution in [0.15, 0.2) is 53.5 Å². The lowest BCUT2D eigenvalue weighted by molar-refractivity contribution is -0.123. The first-order valence-corrected chi connectivity index (χ1v) is 10.5. The molecule has 2 N–H and O–H groups in total. The average Bonchev–Trinajstić information content (AvgIpc) is 3.56. The first kappa shape index (κ1) is 25.0. The van der Waals surface area contributed by atoms with E-state index in [1.54, 1.807) is 7.05 Å². The van der Waals surface area contributed by atoms with Crippen LogP contribution in [0, 0.1) is 6.92 Å². The van der Waals surface area contributed by atoms with Crippen molar-refractivity contribution in [3.63, 3.8) is 0 Å². The molecule has 0 spiro atoms. The van der Waals surface area contributed by atoms with Crippen molar-refractivity contribution in [2.75, 3.05) is 27.2 Å². The highest BCUT2D eigenvalue weighted by Gasteiger charge is 2.23. The molecule has 0 heterocycles. The Balaban J connectivity index is 0.00000341. The SMILES string of the molecule is CN=C(NCCc1ccc(OCC(=O)NC2CC2)cc1)N(C)Cc1ccc(C)cc1.I. The van der Waals surface area contributed by atoms with Gasteiger partial charge in [-0.25, -0.2) is 0 Å². The number of aryl methyl sites for hydroxylation is 1. The summed E-state index contributed by atoms with van der Waals surface area (Å²) in [5.74, 6) is 1.54. The summed E-state index contributed by atoms with van der Waals surface area (Å²) in [6, 6.07) is 16.8. The Morgan fingerprint density at radius 1 is 1.10 bits per heavy atom. The molecule has 1 fully saturated rings. The van der Waals surface area contributed by atoms with E-state index in [0.29, 0.717) is 11.8 Å². The number of carbonyl (C=O) groups is 1. The van der Waals surface area contributed by atoms with E-state index in [4.69, 9.17) is 4.74 Å². The van der Waals surface area contributed by atoms with Crippen LogP contribution in [0.5, 0.6) is 5.75 Å². The van der Waals surface area contributed by atoms with E-state index in [-0.39, 0.29) is 36.5 Å². The molecule has 1 aliphatic rings. The zero-order valence-electron chi connectivity index (χ0n) is 18.6. The molecule has 0 unspecified atom stereocenters. The molecule has 31 heavy (non-hydrogen) atoms. The van der Waals surface area contributed by atoms with Gasteiger partial charge in [-0.3, -0.25) is 9.79 Å². The molecular formula is C24H33IN4O2. The van der Waals surface area contributed by atoms with Crippen LogP contribution in [-0.4, -0.2) is 50.1 Å². The van der Waals surface area contributed by atoms with Crippen LogP contribution in [0.1, 0.15) is 29.5 Å². The van der Waals surface area contributed by atoms with Gasteiger partial charge in [-0.05, 0) is 49.4 Å². The summed E-state index contributed by atoms with van der Waals surface area (Å²) < 4.78 is 5.55. The van der Waals surface area contributed by atoms with Crippen molar-refractivity contribution in [2.45, 2.75) is 38.8 Å². The Bertz CT molecular complexity index is 849. The minimum atomic E-state index is -0.0492. The molecule has 0 saturated heterocycles. The summed E-state index contributed by atoms with van der Waals surface area (Å²) in [5, 5.41) is 6.34. The number of nitrogens with zero attached hydrogens (tertiary/aromatic N) is 2. The quantitative estimate of drug-likeness (QED) is 0.293. The second-order valence-electron chi connectivity index (χ2n) is 7.84. The first-order valence-electron chi connectivity index (χ1n) is 10.5. The second kappa shape index (κ2) is 12.5. The molecule has 0 atom stereocenters.